The van der Waals surface area contributed by atoms with Crippen molar-refractivity contribution in [2.24, 2.45) is 5.92 Å². The number of amides is 2. The molecule has 0 spiro atoms. The van der Waals surface area contributed by atoms with E-state index in [0.717, 1.165) is 43.4 Å². The van der Waals surface area contributed by atoms with Crippen LogP contribution in [0.4, 0.5) is 20.2 Å². The fourth-order valence-electron chi connectivity index (χ4n) is 3.59. The van der Waals surface area contributed by atoms with Crippen molar-refractivity contribution in [2.45, 2.75) is 44.9 Å². The molecule has 2 aromatic carbocycles. The molecule has 4 nitrogen and oxygen atoms in total. The number of thioether (sulfide) groups is 1. The lowest BCUT2D eigenvalue weighted by Crippen LogP contribution is -2.29. The second kappa shape index (κ2) is 10.1. The molecule has 2 amide bonds. The summed E-state index contributed by atoms with van der Waals surface area (Å²) in [6.45, 7) is 4.11. The maximum atomic E-state index is 14.3. The van der Waals surface area contributed by atoms with Crippen LogP contribution in [0.5, 0.6) is 0 Å². The van der Waals surface area contributed by atoms with Crippen molar-refractivity contribution in [2.75, 3.05) is 16.0 Å². The van der Waals surface area contributed by atoms with Gasteiger partial charge in [-0.15, -0.1) is 11.8 Å². The summed E-state index contributed by atoms with van der Waals surface area (Å²) in [4.78, 5) is 26.5. The second-order valence-electron chi connectivity index (χ2n) is 7.38. The summed E-state index contributed by atoms with van der Waals surface area (Å²) < 4.78 is 27.7. The summed E-state index contributed by atoms with van der Waals surface area (Å²) in [5.74, 6) is -1.56. The molecule has 1 N–H and O–H groups in total. The van der Waals surface area contributed by atoms with E-state index in [1.54, 1.807) is 12.1 Å². The number of carbonyl (C=O) groups is 2. The Morgan fingerprint density at radius 1 is 1.23 bits per heavy atom. The number of hydrogen-bond acceptors (Lipinski definition) is 3. The van der Waals surface area contributed by atoms with Crippen molar-refractivity contribution in [3.8, 4) is 0 Å². The molecule has 3 rings (SSSR count). The summed E-state index contributed by atoms with van der Waals surface area (Å²) in [5, 5.41) is 2.53. The largest absolute Gasteiger partial charge is 0.326 e. The minimum absolute atomic E-state index is 0.0142. The first-order chi connectivity index (χ1) is 14.4. The molecule has 0 aliphatic carbocycles. The van der Waals surface area contributed by atoms with Crippen LogP contribution in [0.3, 0.4) is 0 Å². The highest BCUT2D eigenvalue weighted by atomic mass is 32.2. The summed E-state index contributed by atoms with van der Waals surface area (Å²) in [6.07, 6.45) is 3.67. The van der Waals surface area contributed by atoms with Crippen molar-refractivity contribution in [1.29, 1.82) is 0 Å². The number of unbranched alkanes of at least 4 members (excludes halogenated alkanes) is 1. The molecule has 0 unspecified atom stereocenters. The van der Waals surface area contributed by atoms with Gasteiger partial charge in [0.1, 0.15) is 17.0 Å². The fourth-order valence-corrected chi connectivity index (χ4v) is 4.75. The van der Waals surface area contributed by atoms with E-state index in [1.165, 1.54) is 22.7 Å². The third-order valence-electron chi connectivity index (χ3n) is 5.25. The molecular weight excluding hydrogens is 406 g/mol. The lowest BCUT2D eigenvalue weighted by atomic mass is 9.98. The average Bonchev–Trinajstić information content (AvgIpc) is 3.10. The van der Waals surface area contributed by atoms with E-state index in [4.69, 9.17) is 0 Å². The maximum absolute atomic E-state index is 14.3. The van der Waals surface area contributed by atoms with Gasteiger partial charge in [-0.05, 0) is 42.7 Å². The van der Waals surface area contributed by atoms with Crippen LogP contribution < -0.4 is 10.2 Å². The zero-order chi connectivity index (χ0) is 21.7. The monoisotopic (exact) mass is 432 g/mol. The SMILES string of the molecule is CCCC[C@@H](CC)C(=O)Nc1cccc([C@H]2SCC(=O)N2c2ccc(F)cc2F)c1. The Balaban J connectivity index is 1.82. The van der Waals surface area contributed by atoms with Gasteiger partial charge in [-0.3, -0.25) is 14.5 Å². The molecule has 7 heteroatoms. The van der Waals surface area contributed by atoms with E-state index in [0.29, 0.717) is 5.69 Å². The highest BCUT2D eigenvalue weighted by Crippen LogP contribution is 2.43. The van der Waals surface area contributed by atoms with Crippen LogP contribution in [-0.2, 0) is 9.59 Å². The molecule has 30 heavy (non-hydrogen) atoms. The van der Waals surface area contributed by atoms with E-state index in [2.05, 4.69) is 12.2 Å². The molecule has 1 heterocycles. The number of halogens is 2. The Morgan fingerprint density at radius 2 is 2.03 bits per heavy atom. The molecule has 2 atom stereocenters. The van der Waals surface area contributed by atoms with Crippen LogP contribution in [0.1, 0.15) is 50.5 Å². The zero-order valence-corrected chi connectivity index (χ0v) is 18.0. The molecular formula is C23H26F2N2O2S. The van der Waals surface area contributed by atoms with Gasteiger partial charge in [-0.2, -0.15) is 0 Å². The number of nitrogens with one attached hydrogen (secondary N) is 1. The minimum Gasteiger partial charge on any atom is -0.326 e. The molecule has 1 aliphatic rings. The molecule has 0 bridgehead atoms. The van der Waals surface area contributed by atoms with Crippen LogP contribution in [0.15, 0.2) is 42.5 Å². The molecule has 0 radical (unpaired) electrons. The standard InChI is InChI=1S/C23H26F2N2O2S/c1-3-5-7-15(4-2)22(29)26-18-9-6-8-16(12-18)23-27(21(28)14-30-23)20-11-10-17(24)13-19(20)25/h6,8-13,15,23H,3-5,7,14H2,1-2H3,(H,26,29)/t15-,23-/m1/s1. The summed E-state index contributed by atoms with van der Waals surface area (Å²) in [6, 6.07) is 10.5. The first-order valence-corrected chi connectivity index (χ1v) is 11.3. The molecule has 0 aromatic heterocycles. The topological polar surface area (TPSA) is 49.4 Å². The molecule has 1 fully saturated rings. The molecule has 0 saturated carbocycles. The first-order valence-electron chi connectivity index (χ1n) is 10.2. The smallest absolute Gasteiger partial charge is 0.238 e. The van der Waals surface area contributed by atoms with E-state index in [9.17, 15) is 18.4 Å². The van der Waals surface area contributed by atoms with Gasteiger partial charge in [0.15, 0.2) is 0 Å². The van der Waals surface area contributed by atoms with Gasteiger partial charge in [0, 0.05) is 17.7 Å². The minimum atomic E-state index is -0.776. The van der Waals surface area contributed by atoms with Crippen LogP contribution >= 0.6 is 11.8 Å². The number of benzene rings is 2. The van der Waals surface area contributed by atoms with Gasteiger partial charge in [0.05, 0.1) is 11.4 Å². The number of carbonyl (C=O) groups excluding carboxylic acids is 2. The third kappa shape index (κ3) is 5.01. The Hall–Kier alpha value is -2.41. The fraction of sp³-hybridized carbons (Fsp3) is 0.391. The molecule has 1 aliphatic heterocycles. The van der Waals surface area contributed by atoms with Gasteiger partial charge in [0.25, 0.3) is 0 Å². The van der Waals surface area contributed by atoms with E-state index in [1.807, 2.05) is 19.1 Å². The highest BCUT2D eigenvalue weighted by Gasteiger charge is 2.35. The number of rotatable bonds is 8. The summed E-state index contributed by atoms with van der Waals surface area (Å²) >= 11 is 1.37. The van der Waals surface area contributed by atoms with Crippen molar-refractivity contribution in [1.82, 2.24) is 0 Å². The van der Waals surface area contributed by atoms with Crippen molar-refractivity contribution in [3.05, 3.63) is 59.7 Å². The van der Waals surface area contributed by atoms with Crippen LogP contribution in [0, 0.1) is 17.6 Å². The number of hydrogen-bond donors (Lipinski definition) is 1. The predicted octanol–water partition coefficient (Wildman–Crippen LogP) is 5.90. The van der Waals surface area contributed by atoms with Gasteiger partial charge in [-0.25, -0.2) is 8.78 Å². The van der Waals surface area contributed by atoms with E-state index < -0.39 is 17.0 Å². The van der Waals surface area contributed by atoms with Crippen molar-refractivity contribution < 1.29 is 18.4 Å². The quantitative estimate of drug-likeness (QED) is 0.565. The lowest BCUT2D eigenvalue weighted by Gasteiger charge is -2.25. The van der Waals surface area contributed by atoms with E-state index in [-0.39, 0.29) is 29.2 Å². The van der Waals surface area contributed by atoms with Gasteiger partial charge in [0.2, 0.25) is 11.8 Å². The Labute approximate surface area is 180 Å². The molecule has 1 saturated heterocycles. The van der Waals surface area contributed by atoms with Crippen LogP contribution in [0.25, 0.3) is 0 Å². The first kappa shape index (κ1) is 22.3. The average molecular weight is 433 g/mol. The summed E-state index contributed by atoms with van der Waals surface area (Å²) in [5.41, 5.74) is 1.47. The van der Waals surface area contributed by atoms with Crippen molar-refractivity contribution >= 4 is 35.0 Å². The van der Waals surface area contributed by atoms with E-state index >= 15 is 0 Å². The van der Waals surface area contributed by atoms with Gasteiger partial charge < -0.3 is 5.32 Å². The molecule has 2 aromatic rings. The zero-order valence-electron chi connectivity index (χ0n) is 17.2. The molecule has 160 valence electrons. The van der Waals surface area contributed by atoms with Crippen LogP contribution in [0.2, 0.25) is 0 Å². The normalized spacial score (nSPS) is 17.3. The maximum Gasteiger partial charge on any atom is 0.238 e. The summed E-state index contributed by atoms with van der Waals surface area (Å²) in [7, 11) is 0. The Kier molecular flexibility index (Phi) is 7.48. The highest BCUT2D eigenvalue weighted by molar-refractivity contribution is 8.00. The predicted molar refractivity (Wildman–Crippen MR) is 117 cm³/mol. The number of nitrogens with zero attached hydrogens (tertiary/aromatic N) is 1. The van der Waals surface area contributed by atoms with Gasteiger partial charge >= 0.3 is 0 Å². The Morgan fingerprint density at radius 3 is 2.73 bits per heavy atom. The van der Waals surface area contributed by atoms with Crippen LogP contribution in [-0.4, -0.2) is 17.6 Å². The lowest BCUT2D eigenvalue weighted by molar-refractivity contribution is -0.120. The second-order valence-corrected chi connectivity index (χ2v) is 8.45. The van der Waals surface area contributed by atoms with Crippen molar-refractivity contribution in [3.63, 3.8) is 0 Å². The number of anilines is 2. The Bertz CT molecular complexity index is 922. The van der Waals surface area contributed by atoms with Gasteiger partial charge in [-0.1, -0.05) is 38.8 Å². The third-order valence-corrected chi connectivity index (χ3v) is 6.46.